The second-order valence-corrected chi connectivity index (χ2v) is 8.84. The van der Waals surface area contributed by atoms with E-state index < -0.39 is 10.0 Å². The Kier molecular flexibility index (Phi) is 5.60. The van der Waals surface area contributed by atoms with E-state index in [-0.39, 0.29) is 6.04 Å². The van der Waals surface area contributed by atoms with Gasteiger partial charge in [0, 0.05) is 0 Å². The number of nitrogens with one attached hydrogen (secondary N) is 1. The molecule has 1 N–H and O–H groups in total. The molecule has 3 atom stereocenters. The van der Waals surface area contributed by atoms with Crippen molar-refractivity contribution in [2.45, 2.75) is 50.5 Å². The van der Waals surface area contributed by atoms with Crippen molar-refractivity contribution in [1.82, 2.24) is 4.72 Å². The van der Waals surface area contributed by atoms with Gasteiger partial charge in [-0.15, -0.1) is 0 Å². The second-order valence-electron chi connectivity index (χ2n) is 7.12. The van der Waals surface area contributed by atoms with Gasteiger partial charge >= 0.3 is 0 Å². The first kappa shape index (κ1) is 18.2. The Balaban J connectivity index is 1.82. The topological polar surface area (TPSA) is 46.2 Å². The number of aryl methyl sites for hydroxylation is 1. The second kappa shape index (κ2) is 7.71. The van der Waals surface area contributed by atoms with Crippen molar-refractivity contribution in [3.05, 3.63) is 65.7 Å². The highest BCUT2D eigenvalue weighted by Crippen LogP contribution is 2.50. The molecule has 3 nitrogen and oxygen atoms in total. The van der Waals surface area contributed by atoms with E-state index >= 15 is 0 Å². The molecule has 0 saturated heterocycles. The van der Waals surface area contributed by atoms with Gasteiger partial charge in [-0.1, -0.05) is 74.2 Å². The fourth-order valence-corrected chi connectivity index (χ4v) is 4.77. The Morgan fingerprint density at radius 1 is 1.08 bits per heavy atom. The van der Waals surface area contributed by atoms with Gasteiger partial charge in [-0.2, -0.15) is 0 Å². The van der Waals surface area contributed by atoms with Crippen LogP contribution in [0.3, 0.4) is 0 Å². The monoisotopic (exact) mass is 357 g/mol. The molecule has 2 aromatic rings. The van der Waals surface area contributed by atoms with Gasteiger partial charge in [0.05, 0.1) is 10.9 Å². The SMILES string of the molecule is CCCC[C@@H]1C[C@@H]1[C@H](NS(=O)(=O)c1ccc(C)cc1)c1ccccc1. The summed E-state index contributed by atoms with van der Waals surface area (Å²) in [6.07, 6.45) is 4.70. The van der Waals surface area contributed by atoms with Crippen molar-refractivity contribution < 1.29 is 8.42 Å². The Labute approximate surface area is 151 Å². The molecule has 0 spiro atoms. The van der Waals surface area contributed by atoms with Gasteiger partial charge in [-0.25, -0.2) is 13.1 Å². The minimum atomic E-state index is -3.52. The average Bonchev–Trinajstić information content (AvgIpc) is 3.38. The third kappa shape index (κ3) is 4.50. The van der Waals surface area contributed by atoms with Crippen molar-refractivity contribution in [3.8, 4) is 0 Å². The van der Waals surface area contributed by atoms with Crippen LogP contribution in [0.25, 0.3) is 0 Å². The van der Waals surface area contributed by atoms with Gasteiger partial charge in [-0.05, 0) is 42.9 Å². The van der Waals surface area contributed by atoms with E-state index in [1.165, 1.54) is 19.3 Å². The summed E-state index contributed by atoms with van der Waals surface area (Å²) >= 11 is 0. The number of hydrogen-bond donors (Lipinski definition) is 1. The maximum atomic E-state index is 12.9. The highest BCUT2D eigenvalue weighted by atomic mass is 32.2. The van der Waals surface area contributed by atoms with Crippen molar-refractivity contribution in [1.29, 1.82) is 0 Å². The maximum Gasteiger partial charge on any atom is 0.241 e. The first-order valence-electron chi connectivity index (χ1n) is 9.15. The molecule has 25 heavy (non-hydrogen) atoms. The van der Waals surface area contributed by atoms with Gasteiger partial charge in [0.2, 0.25) is 10.0 Å². The first-order valence-corrected chi connectivity index (χ1v) is 10.6. The summed E-state index contributed by atoms with van der Waals surface area (Å²) in [5.74, 6) is 1.03. The molecule has 1 aliphatic rings. The van der Waals surface area contributed by atoms with E-state index in [0.717, 1.165) is 17.5 Å². The molecule has 0 radical (unpaired) electrons. The van der Waals surface area contributed by atoms with Crippen molar-refractivity contribution in [2.24, 2.45) is 11.8 Å². The summed E-state index contributed by atoms with van der Waals surface area (Å²) in [5, 5.41) is 0. The molecule has 1 fully saturated rings. The first-order chi connectivity index (χ1) is 12.0. The fraction of sp³-hybridized carbons (Fsp3) is 0.429. The Hall–Kier alpha value is -1.65. The maximum absolute atomic E-state index is 12.9. The summed E-state index contributed by atoms with van der Waals surface area (Å²) in [4.78, 5) is 0.338. The van der Waals surface area contributed by atoms with Gasteiger partial charge in [0.15, 0.2) is 0 Å². The van der Waals surface area contributed by atoms with E-state index in [1.807, 2.05) is 49.4 Å². The van der Waals surface area contributed by atoms with Gasteiger partial charge in [0.1, 0.15) is 0 Å². The summed E-state index contributed by atoms with van der Waals surface area (Å²) in [5.41, 5.74) is 2.11. The fourth-order valence-electron chi connectivity index (χ4n) is 3.49. The van der Waals surface area contributed by atoms with E-state index in [1.54, 1.807) is 12.1 Å². The molecule has 0 amide bonds. The van der Waals surface area contributed by atoms with Crippen LogP contribution >= 0.6 is 0 Å². The molecule has 1 saturated carbocycles. The van der Waals surface area contributed by atoms with Gasteiger partial charge in [0.25, 0.3) is 0 Å². The van der Waals surface area contributed by atoms with Crippen LogP contribution in [-0.2, 0) is 10.0 Å². The number of sulfonamides is 1. The molecule has 2 aromatic carbocycles. The Bertz CT molecular complexity index is 784. The third-order valence-corrected chi connectivity index (χ3v) is 6.56. The van der Waals surface area contributed by atoms with Crippen LogP contribution in [-0.4, -0.2) is 8.42 Å². The predicted molar refractivity (Wildman–Crippen MR) is 102 cm³/mol. The van der Waals surface area contributed by atoms with Gasteiger partial charge < -0.3 is 0 Å². The molecule has 0 aromatic heterocycles. The minimum absolute atomic E-state index is 0.144. The highest BCUT2D eigenvalue weighted by Gasteiger charge is 2.44. The Morgan fingerprint density at radius 2 is 1.76 bits per heavy atom. The molecule has 1 aliphatic carbocycles. The van der Waals surface area contributed by atoms with Crippen molar-refractivity contribution >= 4 is 10.0 Å². The zero-order valence-electron chi connectivity index (χ0n) is 15.0. The summed E-state index contributed by atoms with van der Waals surface area (Å²) in [6.45, 7) is 4.16. The molecule has 0 unspecified atom stereocenters. The lowest BCUT2D eigenvalue weighted by Gasteiger charge is -2.20. The van der Waals surface area contributed by atoms with Crippen molar-refractivity contribution in [3.63, 3.8) is 0 Å². The normalized spacial score (nSPS) is 21.0. The molecule has 0 heterocycles. The Morgan fingerprint density at radius 3 is 2.40 bits per heavy atom. The average molecular weight is 358 g/mol. The lowest BCUT2D eigenvalue weighted by atomic mass is 10.0. The van der Waals surface area contributed by atoms with E-state index in [2.05, 4.69) is 11.6 Å². The van der Waals surface area contributed by atoms with E-state index in [9.17, 15) is 8.42 Å². The lowest BCUT2D eigenvalue weighted by Crippen LogP contribution is -2.30. The van der Waals surface area contributed by atoms with Crippen LogP contribution in [0.2, 0.25) is 0 Å². The van der Waals surface area contributed by atoms with Crippen LogP contribution in [0.5, 0.6) is 0 Å². The van der Waals surface area contributed by atoms with Crippen LogP contribution in [0, 0.1) is 18.8 Å². The molecule has 3 rings (SSSR count). The molecular formula is C21H27NO2S. The van der Waals surface area contributed by atoms with Crippen LogP contribution in [0.15, 0.2) is 59.5 Å². The standard InChI is InChI=1S/C21H27NO2S/c1-3-4-8-18-15-20(18)21(17-9-6-5-7-10-17)22-25(23,24)19-13-11-16(2)12-14-19/h5-7,9-14,18,20-22H,3-4,8,15H2,1-2H3/t18-,20+,21-/m1/s1. The molecule has 0 bridgehead atoms. The zero-order chi connectivity index (χ0) is 17.9. The molecular weight excluding hydrogens is 330 g/mol. The zero-order valence-corrected chi connectivity index (χ0v) is 15.8. The largest absolute Gasteiger partial charge is 0.241 e. The summed E-state index contributed by atoms with van der Waals surface area (Å²) in [7, 11) is -3.52. The molecule has 134 valence electrons. The number of benzene rings is 2. The predicted octanol–water partition coefficient (Wildman–Crippen LogP) is 4.84. The quantitative estimate of drug-likeness (QED) is 0.735. The molecule has 4 heteroatoms. The van der Waals surface area contributed by atoms with E-state index in [4.69, 9.17) is 0 Å². The smallest absolute Gasteiger partial charge is 0.207 e. The van der Waals surface area contributed by atoms with Crippen LogP contribution in [0.4, 0.5) is 0 Å². The minimum Gasteiger partial charge on any atom is -0.207 e. The van der Waals surface area contributed by atoms with Crippen LogP contribution < -0.4 is 4.72 Å². The lowest BCUT2D eigenvalue weighted by molar-refractivity contribution is 0.491. The van der Waals surface area contributed by atoms with Crippen LogP contribution in [0.1, 0.15) is 49.8 Å². The third-order valence-electron chi connectivity index (χ3n) is 5.11. The van der Waals surface area contributed by atoms with Gasteiger partial charge in [-0.3, -0.25) is 0 Å². The summed E-state index contributed by atoms with van der Waals surface area (Å²) in [6, 6.07) is 16.9. The summed E-state index contributed by atoms with van der Waals surface area (Å²) < 4.78 is 28.7. The van der Waals surface area contributed by atoms with E-state index in [0.29, 0.717) is 16.7 Å². The molecule has 0 aliphatic heterocycles. The van der Waals surface area contributed by atoms with Crippen molar-refractivity contribution in [2.75, 3.05) is 0 Å². The number of unbranched alkanes of at least 4 members (excludes halogenated alkanes) is 1. The number of hydrogen-bond acceptors (Lipinski definition) is 2. The highest BCUT2D eigenvalue weighted by molar-refractivity contribution is 7.89. The number of rotatable bonds is 8.